The van der Waals surface area contributed by atoms with Crippen LogP contribution in [0.15, 0.2) is 4.99 Å². The third kappa shape index (κ3) is 5.16. The summed E-state index contributed by atoms with van der Waals surface area (Å²) >= 11 is 0. The highest BCUT2D eigenvalue weighted by Crippen LogP contribution is 2.21. The van der Waals surface area contributed by atoms with Crippen LogP contribution in [-0.2, 0) is 14.3 Å². The zero-order valence-electron chi connectivity index (χ0n) is 14.8. The molecule has 22 heavy (non-hydrogen) atoms. The summed E-state index contributed by atoms with van der Waals surface area (Å²) < 4.78 is 10.4. The topological polar surface area (TPSA) is 63.2 Å². The molecule has 1 atom stereocenters. The fraction of sp³-hybridized carbons (Fsp3) is 0.875. The molecule has 6 heteroatoms. The molecule has 1 aliphatic rings. The minimum atomic E-state index is -0.102. The Labute approximate surface area is 134 Å². The Kier molecular flexibility index (Phi) is 7.13. The van der Waals surface area contributed by atoms with E-state index in [4.69, 9.17) is 9.47 Å². The molecule has 1 N–H and O–H groups in total. The maximum Gasteiger partial charge on any atom is 0.308 e. The molecule has 6 nitrogen and oxygen atoms in total. The van der Waals surface area contributed by atoms with Crippen LogP contribution in [0.1, 0.15) is 33.6 Å². The SMILES string of the molecule is CN=C(NCC(OC)C(C)(C)C)N1CCC(C(=O)OC)CC1. The van der Waals surface area contributed by atoms with Crippen LogP contribution in [0, 0.1) is 11.3 Å². The van der Waals surface area contributed by atoms with E-state index in [0.29, 0.717) is 6.54 Å². The zero-order chi connectivity index (χ0) is 16.8. The average molecular weight is 313 g/mol. The van der Waals surface area contributed by atoms with E-state index in [0.717, 1.165) is 31.9 Å². The molecule has 1 aliphatic heterocycles. The molecule has 0 radical (unpaired) electrons. The molecule has 1 saturated heterocycles. The van der Waals surface area contributed by atoms with Crippen LogP contribution in [-0.4, -0.2) is 63.8 Å². The lowest BCUT2D eigenvalue weighted by molar-refractivity contribution is -0.146. The predicted octanol–water partition coefficient (Wildman–Crippen LogP) is 1.51. The molecule has 0 aliphatic carbocycles. The quantitative estimate of drug-likeness (QED) is 0.484. The van der Waals surface area contributed by atoms with Crippen LogP contribution in [0.3, 0.4) is 0 Å². The van der Waals surface area contributed by atoms with Gasteiger partial charge < -0.3 is 19.7 Å². The molecule has 1 rings (SSSR count). The third-order valence-electron chi connectivity index (χ3n) is 4.24. The van der Waals surface area contributed by atoms with Crippen molar-refractivity contribution in [1.29, 1.82) is 0 Å². The monoisotopic (exact) mass is 313 g/mol. The summed E-state index contributed by atoms with van der Waals surface area (Å²) in [6, 6.07) is 0. The summed E-state index contributed by atoms with van der Waals surface area (Å²) in [5, 5.41) is 3.39. The first kappa shape index (κ1) is 18.7. The van der Waals surface area contributed by atoms with E-state index < -0.39 is 0 Å². The molecular weight excluding hydrogens is 282 g/mol. The number of hydrogen-bond donors (Lipinski definition) is 1. The number of carbonyl (C=O) groups is 1. The van der Waals surface area contributed by atoms with Gasteiger partial charge in [-0.15, -0.1) is 0 Å². The smallest absolute Gasteiger partial charge is 0.308 e. The maximum absolute atomic E-state index is 11.6. The van der Waals surface area contributed by atoms with E-state index in [1.807, 2.05) is 0 Å². The molecule has 0 spiro atoms. The van der Waals surface area contributed by atoms with Gasteiger partial charge in [-0.2, -0.15) is 0 Å². The number of methoxy groups -OCH3 is 2. The molecule has 1 unspecified atom stereocenters. The number of likely N-dealkylation sites (tertiary alicyclic amines) is 1. The Hall–Kier alpha value is -1.30. The van der Waals surface area contributed by atoms with Crippen LogP contribution in [0.25, 0.3) is 0 Å². The van der Waals surface area contributed by atoms with Crippen molar-refractivity contribution in [2.24, 2.45) is 16.3 Å². The highest BCUT2D eigenvalue weighted by Gasteiger charge is 2.28. The molecule has 0 bridgehead atoms. The maximum atomic E-state index is 11.6. The van der Waals surface area contributed by atoms with Gasteiger partial charge in [0.15, 0.2) is 5.96 Å². The predicted molar refractivity (Wildman–Crippen MR) is 87.9 cm³/mol. The van der Waals surface area contributed by atoms with Gasteiger partial charge in [0, 0.05) is 33.8 Å². The van der Waals surface area contributed by atoms with E-state index in [9.17, 15) is 4.79 Å². The van der Waals surface area contributed by atoms with Gasteiger partial charge in [-0.25, -0.2) is 0 Å². The molecular formula is C16H31N3O3. The number of aliphatic imine (C=N–C) groups is 1. The number of guanidine groups is 1. The Morgan fingerprint density at radius 1 is 1.32 bits per heavy atom. The van der Waals surface area contributed by atoms with E-state index >= 15 is 0 Å². The van der Waals surface area contributed by atoms with Crippen molar-refractivity contribution in [2.45, 2.75) is 39.7 Å². The van der Waals surface area contributed by atoms with Crippen molar-refractivity contribution in [3.05, 3.63) is 0 Å². The second-order valence-corrected chi connectivity index (χ2v) is 6.80. The van der Waals surface area contributed by atoms with Gasteiger partial charge in [0.2, 0.25) is 0 Å². The van der Waals surface area contributed by atoms with Gasteiger partial charge >= 0.3 is 5.97 Å². The van der Waals surface area contributed by atoms with Crippen molar-refractivity contribution >= 4 is 11.9 Å². The second kappa shape index (κ2) is 8.36. The van der Waals surface area contributed by atoms with Crippen molar-refractivity contribution in [3.8, 4) is 0 Å². The summed E-state index contributed by atoms with van der Waals surface area (Å²) in [5.74, 6) is 0.782. The lowest BCUT2D eigenvalue weighted by Gasteiger charge is -2.35. The van der Waals surface area contributed by atoms with Crippen molar-refractivity contribution in [3.63, 3.8) is 0 Å². The minimum Gasteiger partial charge on any atom is -0.469 e. The summed E-state index contributed by atoms with van der Waals surface area (Å²) in [6.45, 7) is 8.82. The number of hydrogen-bond acceptors (Lipinski definition) is 4. The fourth-order valence-electron chi connectivity index (χ4n) is 2.75. The molecule has 0 saturated carbocycles. The number of carbonyl (C=O) groups excluding carboxylic acids is 1. The van der Waals surface area contributed by atoms with Gasteiger partial charge in [-0.1, -0.05) is 20.8 Å². The largest absolute Gasteiger partial charge is 0.469 e. The summed E-state index contributed by atoms with van der Waals surface area (Å²) in [4.78, 5) is 18.1. The van der Waals surface area contributed by atoms with Crippen LogP contribution in [0.2, 0.25) is 0 Å². The second-order valence-electron chi connectivity index (χ2n) is 6.80. The minimum absolute atomic E-state index is 0.0145. The lowest BCUT2D eigenvalue weighted by atomic mass is 9.89. The average Bonchev–Trinajstić information content (AvgIpc) is 2.50. The normalized spacial score (nSPS) is 19.0. The first-order valence-corrected chi connectivity index (χ1v) is 7.89. The van der Waals surface area contributed by atoms with Gasteiger partial charge in [-0.3, -0.25) is 9.79 Å². The number of nitrogens with one attached hydrogen (secondary N) is 1. The van der Waals surface area contributed by atoms with Crippen LogP contribution in [0.4, 0.5) is 0 Å². The van der Waals surface area contributed by atoms with E-state index in [1.54, 1.807) is 14.2 Å². The molecule has 0 amide bonds. The number of esters is 1. The van der Waals surface area contributed by atoms with E-state index in [2.05, 4.69) is 36.0 Å². The van der Waals surface area contributed by atoms with Crippen molar-refractivity contribution in [2.75, 3.05) is 40.9 Å². The molecule has 0 aromatic heterocycles. The molecule has 1 heterocycles. The van der Waals surface area contributed by atoms with Crippen LogP contribution in [0.5, 0.6) is 0 Å². The number of piperidine rings is 1. The first-order valence-electron chi connectivity index (χ1n) is 7.89. The highest BCUT2D eigenvalue weighted by molar-refractivity contribution is 5.80. The summed E-state index contributed by atoms with van der Waals surface area (Å²) in [5.41, 5.74) is 0.0679. The Morgan fingerprint density at radius 2 is 1.91 bits per heavy atom. The molecule has 0 aromatic carbocycles. The Bertz CT molecular complexity index is 383. The first-order chi connectivity index (χ1) is 10.3. The fourth-order valence-corrected chi connectivity index (χ4v) is 2.75. The standard InChI is InChI=1S/C16H31N3O3/c1-16(2,3)13(21-5)11-18-15(17-4)19-9-7-12(8-10-19)14(20)22-6/h12-13H,7-11H2,1-6H3,(H,17,18). The Balaban J connectivity index is 2.51. The van der Waals surface area contributed by atoms with Gasteiger partial charge in [0.05, 0.1) is 19.1 Å². The van der Waals surface area contributed by atoms with Gasteiger partial charge in [0.25, 0.3) is 0 Å². The molecule has 0 aromatic rings. The van der Waals surface area contributed by atoms with Gasteiger partial charge in [-0.05, 0) is 18.3 Å². The third-order valence-corrected chi connectivity index (χ3v) is 4.24. The van der Waals surface area contributed by atoms with Crippen LogP contribution < -0.4 is 5.32 Å². The van der Waals surface area contributed by atoms with Crippen molar-refractivity contribution in [1.82, 2.24) is 10.2 Å². The van der Waals surface area contributed by atoms with E-state index in [1.165, 1.54) is 7.11 Å². The number of ether oxygens (including phenoxy) is 2. The lowest BCUT2D eigenvalue weighted by Crippen LogP contribution is -2.50. The number of rotatable bonds is 4. The van der Waals surface area contributed by atoms with Gasteiger partial charge in [0.1, 0.15) is 0 Å². The Morgan fingerprint density at radius 3 is 2.32 bits per heavy atom. The van der Waals surface area contributed by atoms with E-state index in [-0.39, 0.29) is 23.4 Å². The highest BCUT2D eigenvalue weighted by atomic mass is 16.5. The molecule has 1 fully saturated rings. The van der Waals surface area contributed by atoms with Crippen LogP contribution >= 0.6 is 0 Å². The summed E-state index contributed by atoms with van der Waals surface area (Å²) in [7, 11) is 4.97. The zero-order valence-corrected chi connectivity index (χ0v) is 14.8. The van der Waals surface area contributed by atoms with Crippen molar-refractivity contribution < 1.29 is 14.3 Å². The number of nitrogens with zero attached hydrogens (tertiary/aromatic N) is 2. The molecule has 128 valence electrons. The summed E-state index contributed by atoms with van der Waals surface area (Å²) in [6.07, 6.45) is 1.72.